The van der Waals surface area contributed by atoms with Gasteiger partial charge in [0.15, 0.2) is 11.2 Å². The molecule has 29 heavy (non-hydrogen) atoms. The van der Waals surface area contributed by atoms with Gasteiger partial charge < -0.3 is 0 Å². The molecule has 8 nitrogen and oxygen atoms in total. The Bertz CT molecular complexity index is 1300. The molecule has 0 saturated carbocycles. The van der Waals surface area contributed by atoms with Crippen molar-refractivity contribution in [3.05, 3.63) is 91.6 Å². The lowest BCUT2D eigenvalue weighted by Gasteiger charge is -2.08. The van der Waals surface area contributed by atoms with E-state index in [0.717, 1.165) is 11.1 Å². The topological polar surface area (TPSA) is 97.1 Å². The molecular weight excluding hydrogens is 392 g/mol. The van der Waals surface area contributed by atoms with E-state index in [1.165, 1.54) is 4.57 Å². The Hall–Kier alpha value is -3.65. The Kier molecular flexibility index (Phi) is 5.01. The third-order valence-corrected chi connectivity index (χ3v) is 4.69. The molecule has 0 aliphatic carbocycles. The van der Waals surface area contributed by atoms with Gasteiger partial charge in [-0.25, -0.2) is 10.2 Å². The maximum Gasteiger partial charge on any atom is 0.329 e. The number of hydrogen-bond donors (Lipinski definition) is 2. The molecule has 2 heterocycles. The van der Waals surface area contributed by atoms with E-state index in [1.807, 2.05) is 42.5 Å². The number of rotatable bonds is 5. The van der Waals surface area contributed by atoms with Crippen molar-refractivity contribution in [1.29, 1.82) is 0 Å². The molecule has 0 atom stereocenters. The molecule has 0 unspecified atom stereocenters. The molecular formula is C20H17ClN6O2. The summed E-state index contributed by atoms with van der Waals surface area (Å²) in [6.07, 6.45) is 1.62. The fourth-order valence-corrected chi connectivity index (χ4v) is 3.08. The fourth-order valence-electron chi connectivity index (χ4n) is 2.95. The summed E-state index contributed by atoms with van der Waals surface area (Å²) in [7, 11) is 1.56. The Morgan fingerprint density at radius 3 is 2.59 bits per heavy atom. The molecule has 2 aromatic heterocycles. The fraction of sp³-hybridized carbons (Fsp3) is 0.100. The van der Waals surface area contributed by atoms with Crippen molar-refractivity contribution in [3.8, 4) is 0 Å². The van der Waals surface area contributed by atoms with Crippen LogP contribution in [0, 0.1) is 0 Å². The van der Waals surface area contributed by atoms with Gasteiger partial charge in [0.05, 0.1) is 12.8 Å². The number of nitrogens with one attached hydrogen (secondary N) is 2. The number of fused-ring (bicyclic) bond motifs is 1. The average Bonchev–Trinajstić information content (AvgIpc) is 3.07. The molecule has 0 radical (unpaired) electrons. The zero-order valence-electron chi connectivity index (χ0n) is 15.5. The molecule has 9 heteroatoms. The van der Waals surface area contributed by atoms with Gasteiger partial charge in [-0.2, -0.15) is 10.1 Å². The maximum atomic E-state index is 12.5. The van der Waals surface area contributed by atoms with Crippen LogP contribution in [0.5, 0.6) is 0 Å². The Morgan fingerprint density at radius 1 is 1.14 bits per heavy atom. The monoisotopic (exact) mass is 408 g/mol. The van der Waals surface area contributed by atoms with Crippen LogP contribution in [0.2, 0.25) is 5.02 Å². The van der Waals surface area contributed by atoms with Crippen molar-refractivity contribution >= 4 is 34.9 Å². The number of H-pyrrole nitrogens is 1. The zero-order chi connectivity index (χ0) is 20.4. The molecule has 0 aliphatic heterocycles. The van der Waals surface area contributed by atoms with Gasteiger partial charge in [0.2, 0.25) is 5.95 Å². The van der Waals surface area contributed by atoms with Gasteiger partial charge >= 0.3 is 5.69 Å². The Balaban J connectivity index is 1.77. The van der Waals surface area contributed by atoms with E-state index < -0.39 is 11.2 Å². The van der Waals surface area contributed by atoms with Crippen molar-refractivity contribution in [1.82, 2.24) is 19.1 Å². The van der Waals surface area contributed by atoms with Crippen LogP contribution in [0.15, 0.2) is 69.3 Å². The van der Waals surface area contributed by atoms with E-state index in [0.29, 0.717) is 23.0 Å². The first kappa shape index (κ1) is 18.7. The number of nitrogens with zero attached hydrogens (tertiary/aromatic N) is 4. The summed E-state index contributed by atoms with van der Waals surface area (Å²) in [5, 5.41) is 4.86. The lowest BCUT2D eigenvalue weighted by molar-refractivity contribution is 0.808. The average molecular weight is 409 g/mol. The quantitative estimate of drug-likeness (QED) is 0.392. The van der Waals surface area contributed by atoms with Crippen LogP contribution >= 0.6 is 11.6 Å². The van der Waals surface area contributed by atoms with Crippen LogP contribution in [0.25, 0.3) is 11.2 Å². The maximum absolute atomic E-state index is 12.5. The molecule has 4 rings (SSSR count). The van der Waals surface area contributed by atoms with Gasteiger partial charge in [0.25, 0.3) is 5.56 Å². The third kappa shape index (κ3) is 3.83. The molecule has 2 N–H and O–H groups in total. The summed E-state index contributed by atoms with van der Waals surface area (Å²) < 4.78 is 2.99. The highest BCUT2D eigenvalue weighted by Crippen LogP contribution is 2.17. The summed E-state index contributed by atoms with van der Waals surface area (Å²) in [5.41, 5.74) is 4.25. The largest absolute Gasteiger partial charge is 0.329 e. The first-order chi connectivity index (χ1) is 14.0. The van der Waals surface area contributed by atoms with Gasteiger partial charge in [-0.1, -0.05) is 54.1 Å². The van der Waals surface area contributed by atoms with Crippen LogP contribution in [0.4, 0.5) is 5.95 Å². The molecule has 0 bridgehead atoms. The van der Waals surface area contributed by atoms with E-state index in [2.05, 4.69) is 20.5 Å². The lowest BCUT2D eigenvalue weighted by atomic mass is 10.2. The van der Waals surface area contributed by atoms with Crippen molar-refractivity contribution in [2.24, 2.45) is 12.1 Å². The van der Waals surface area contributed by atoms with Crippen molar-refractivity contribution < 1.29 is 0 Å². The van der Waals surface area contributed by atoms with E-state index in [1.54, 1.807) is 30.0 Å². The number of aromatic nitrogens is 4. The van der Waals surface area contributed by atoms with Gasteiger partial charge in [-0.05, 0) is 23.3 Å². The normalized spacial score (nSPS) is 11.4. The van der Waals surface area contributed by atoms with Crippen LogP contribution in [0.1, 0.15) is 11.1 Å². The van der Waals surface area contributed by atoms with E-state index in [-0.39, 0.29) is 5.65 Å². The van der Waals surface area contributed by atoms with E-state index >= 15 is 0 Å². The molecule has 146 valence electrons. The van der Waals surface area contributed by atoms with Gasteiger partial charge in [0.1, 0.15) is 0 Å². The second-order valence-corrected chi connectivity index (χ2v) is 6.86. The van der Waals surface area contributed by atoms with Crippen LogP contribution < -0.4 is 16.7 Å². The SMILES string of the molecule is Cn1c(=O)[nH]c(=O)c2c1nc(N/N=C\c1ccc(Cl)cc1)n2Cc1ccccc1. The minimum Gasteiger partial charge on any atom is -0.298 e. The number of anilines is 1. The van der Waals surface area contributed by atoms with Crippen LogP contribution in [-0.2, 0) is 13.6 Å². The Morgan fingerprint density at radius 2 is 1.86 bits per heavy atom. The minimum atomic E-state index is -0.525. The third-order valence-electron chi connectivity index (χ3n) is 4.44. The number of hydrogen-bond acceptors (Lipinski definition) is 5. The molecule has 0 fully saturated rings. The molecule has 4 aromatic rings. The number of aromatic amines is 1. The summed E-state index contributed by atoms with van der Waals surface area (Å²) in [6.45, 7) is 0.386. The second kappa shape index (κ2) is 7.76. The number of hydrazone groups is 1. The van der Waals surface area contributed by atoms with E-state index in [9.17, 15) is 9.59 Å². The predicted octanol–water partition coefficient (Wildman–Crippen LogP) is 2.57. The van der Waals surface area contributed by atoms with Gasteiger partial charge in [-0.15, -0.1) is 0 Å². The van der Waals surface area contributed by atoms with Crippen LogP contribution in [0.3, 0.4) is 0 Å². The first-order valence-electron chi connectivity index (χ1n) is 8.81. The summed E-state index contributed by atoms with van der Waals surface area (Å²) >= 11 is 5.89. The van der Waals surface area contributed by atoms with Crippen LogP contribution in [-0.4, -0.2) is 25.3 Å². The van der Waals surface area contributed by atoms with Crippen molar-refractivity contribution in [3.63, 3.8) is 0 Å². The lowest BCUT2D eigenvalue weighted by Crippen LogP contribution is -2.29. The molecule has 2 aromatic carbocycles. The van der Waals surface area contributed by atoms with E-state index in [4.69, 9.17) is 11.6 Å². The molecule has 0 aliphatic rings. The standard InChI is InChI=1S/C20H17ClN6O2/c1-26-17-16(18(28)24-20(26)29)27(12-14-5-3-2-4-6-14)19(23-17)25-22-11-13-7-9-15(21)10-8-13/h2-11H,12H2,1H3,(H,23,25)(H,24,28,29)/b22-11-. The summed E-state index contributed by atoms with van der Waals surface area (Å²) in [5.74, 6) is 0.348. The zero-order valence-corrected chi connectivity index (χ0v) is 16.2. The van der Waals surface area contributed by atoms with Crippen molar-refractivity contribution in [2.75, 3.05) is 5.43 Å². The highest BCUT2D eigenvalue weighted by atomic mass is 35.5. The first-order valence-corrected chi connectivity index (χ1v) is 9.19. The molecule has 0 spiro atoms. The molecule has 0 amide bonds. The highest BCUT2D eigenvalue weighted by Gasteiger charge is 2.17. The number of benzene rings is 2. The van der Waals surface area contributed by atoms with Gasteiger partial charge in [-0.3, -0.25) is 18.9 Å². The van der Waals surface area contributed by atoms with Crippen molar-refractivity contribution in [2.45, 2.75) is 6.54 Å². The van der Waals surface area contributed by atoms with Gasteiger partial charge in [0, 0.05) is 12.1 Å². The Labute approximate surface area is 170 Å². The summed E-state index contributed by atoms with van der Waals surface area (Å²) in [6, 6.07) is 16.8. The second-order valence-electron chi connectivity index (χ2n) is 6.42. The smallest absolute Gasteiger partial charge is 0.298 e. The number of imidazole rings is 1. The summed E-state index contributed by atoms with van der Waals surface area (Å²) in [4.78, 5) is 31.2. The number of halogens is 1. The predicted molar refractivity (Wildman–Crippen MR) is 114 cm³/mol. The number of aryl methyl sites for hydroxylation is 1. The molecule has 0 saturated heterocycles. The minimum absolute atomic E-state index is 0.277. The highest BCUT2D eigenvalue weighted by molar-refractivity contribution is 6.30.